The molecule has 0 unspecified atom stereocenters. The summed E-state index contributed by atoms with van der Waals surface area (Å²) >= 11 is 11.7. The summed E-state index contributed by atoms with van der Waals surface area (Å²) in [5.74, 6) is 0.867. The highest BCUT2D eigenvalue weighted by Gasteiger charge is 2.25. The van der Waals surface area contributed by atoms with E-state index in [1.165, 1.54) is 6.20 Å². The highest BCUT2D eigenvalue weighted by molar-refractivity contribution is 6.30. The molecule has 2 N–H and O–H groups in total. The summed E-state index contributed by atoms with van der Waals surface area (Å²) in [6, 6.07) is 13.5. The Morgan fingerprint density at radius 3 is 1.91 bits per heavy atom. The number of nitrogens with zero attached hydrogens (tertiary/aromatic N) is 2. The summed E-state index contributed by atoms with van der Waals surface area (Å²) in [6.07, 6.45) is 1.54. The minimum absolute atomic E-state index is 0.160. The second-order valence-electron chi connectivity index (χ2n) is 7.73. The molecule has 2 heterocycles. The highest BCUT2D eigenvalue weighted by Crippen LogP contribution is 2.32. The van der Waals surface area contributed by atoms with Gasteiger partial charge in [0.1, 0.15) is 17.3 Å². The maximum absolute atomic E-state index is 12.4. The number of halogens is 2. The monoisotopic (exact) mass is 500 g/mol. The van der Waals surface area contributed by atoms with Crippen LogP contribution in [0.25, 0.3) is 0 Å². The number of carbonyl (C=O) groups excluding carboxylic acids is 2. The lowest BCUT2D eigenvalue weighted by Crippen LogP contribution is -2.23. The van der Waals surface area contributed by atoms with Gasteiger partial charge in [0.25, 0.3) is 11.8 Å². The number of ether oxygens (including phenoxy) is 2. The van der Waals surface area contributed by atoms with Crippen molar-refractivity contribution in [1.82, 2.24) is 9.88 Å². The Bertz CT molecular complexity index is 1090. The van der Waals surface area contributed by atoms with Crippen LogP contribution < -0.4 is 20.1 Å². The molecule has 0 atom stereocenters. The van der Waals surface area contributed by atoms with Crippen LogP contribution >= 0.6 is 23.2 Å². The van der Waals surface area contributed by atoms with Gasteiger partial charge in [0.15, 0.2) is 13.2 Å². The summed E-state index contributed by atoms with van der Waals surface area (Å²) in [6.45, 7) is 0.859. The molecule has 3 aromatic rings. The van der Waals surface area contributed by atoms with E-state index in [-0.39, 0.29) is 25.0 Å². The highest BCUT2D eigenvalue weighted by atomic mass is 35.5. The Morgan fingerprint density at radius 1 is 0.853 bits per heavy atom. The minimum atomic E-state index is -0.340. The number of benzene rings is 2. The number of fused-ring (bicyclic) bond motifs is 1. The van der Waals surface area contributed by atoms with E-state index < -0.39 is 0 Å². The molecule has 0 spiro atoms. The van der Waals surface area contributed by atoms with Crippen molar-refractivity contribution < 1.29 is 19.1 Å². The van der Waals surface area contributed by atoms with Crippen LogP contribution in [0.15, 0.2) is 54.7 Å². The van der Waals surface area contributed by atoms with Crippen LogP contribution in [0.1, 0.15) is 11.1 Å². The van der Waals surface area contributed by atoms with Gasteiger partial charge >= 0.3 is 0 Å². The molecular weight excluding hydrogens is 479 g/mol. The Morgan fingerprint density at radius 2 is 1.35 bits per heavy atom. The summed E-state index contributed by atoms with van der Waals surface area (Å²) in [5, 5.41) is 6.83. The maximum atomic E-state index is 12.4. The van der Waals surface area contributed by atoms with Gasteiger partial charge in [-0.3, -0.25) is 14.5 Å². The van der Waals surface area contributed by atoms with Gasteiger partial charge in [-0.15, -0.1) is 0 Å². The number of hydrogen-bond acceptors (Lipinski definition) is 6. The minimum Gasteiger partial charge on any atom is -0.484 e. The summed E-state index contributed by atoms with van der Waals surface area (Å²) < 4.78 is 11.0. The van der Waals surface area contributed by atoms with Crippen molar-refractivity contribution in [3.63, 3.8) is 0 Å². The molecule has 0 radical (unpaired) electrons. The third-order valence-corrected chi connectivity index (χ3v) is 5.56. The van der Waals surface area contributed by atoms with Gasteiger partial charge in [0, 0.05) is 28.7 Å². The molecule has 34 heavy (non-hydrogen) atoms. The fourth-order valence-corrected chi connectivity index (χ4v) is 3.72. The van der Waals surface area contributed by atoms with E-state index >= 15 is 0 Å². The van der Waals surface area contributed by atoms with Crippen molar-refractivity contribution in [3.05, 3.63) is 75.9 Å². The van der Waals surface area contributed by atoms with Crippen LogP contribution in [0.2, 0.25) is 10.0 Å². The van der Waals surface area contributed by atoms with Crippen molar-refractivity contribution >= 4 is 46.5 Å². The normalized spacial score (nSPS) is 12.7. The van der Waals surface area contributed by atoms with E-state index in [0.29, 0.717) is 46.1 Å². The van der Waals surface area contributed by atoms with Gasteiger partial charge in [-0.05, 0) is 61.1 Å². The van der Waals surface area contributed by atoms with Gasteiger partial charge in [-0.1, -0.05) is 23.2 Å². The topological polar surface area (TPSA) is 92.8 Å². The van der Waals surface area contributed by atoms with Gasteiger partial charge in [-0.25, -0.2) is 4.98 Å². The number of amides is 2. The first-order valence-corrected chi connectivity index (χ1v) is 11.2. The lowest BCUT2D eigenvalue weighted by Gasteiger charge is -2.14. The molecule has 176 valence electrons. The number of pyridine rings is 1. The predicted octanol–water partition coefficient (Wildman–Crippen LogP) is 4.37. The average Bonchev–Trinajstić information content (AvgIpc) is 3.22. The summed E-state index contributed by atoms with van der Waals surface area (Å²) in [5.41, 5.74) is 2.32. The average molecular weight is 501 g/mol. The molecule has 8 nitrogen and oxygen atoms in total. The van der Waals surface area contributed by atoms with Crippen LogP contribution in [-0.2, 0) is 22.7 Å². The molecule has 0 aliphatic carbocycles. The molecule has 4 rings (SSSR count). The fraction of sp³-hybridized carbons (Fsp3) is 0.208. The zero-order valence-corrected chi connectivity index (χ0v) is 19.8. The van der Waals surface area contributed by atoms with E-state index in [1.807, 2.05) is 7.05 Å². The van der Waals surface area contributed by atoms with Gasteiger partial charge in [0.05, 0.1) is 11.9 Å². The molecule has 0 bridgehead atoms. The zero-order valence-electron chi connectivity index (χ0n) is 18.3. The summed E-state index contributed by atoms with van der Waals surface area (Å²) in [7, 11) is 1.95. The Labute approximate surface area is 206 Å². The molecule has 0 saturated carbocycles. The number of rotatable bonds is 8. The third-order valence-electron chi connectivity index (χ3n) is 5.05. The van der Waals surface area contributed by atoms with Crippen LogP contribution in [0, 0.1) is 0 Å². The number of aromatic nitrogens is 1. The maximum Gasteiger partial charge on any atom is 0.263 e. The fourth-order valence-electron chi connectivity index (χ4n) is 3.47. The summed E-state index contributed by atoms with van der Waals surface area (Å²) in [4.78, 5) is 31.3. The number of anilines is 2. The predicted molar refractivity (Wildman–Crippen MR) is 131 cm³/mol. The van der Waals surface area contributed by atoms with Crippen LogP contribution in [0.4, 0.5) is 11.5 Å². The molecule has 10 heteroatoms. The van der Waals surface area contributed by atoms with E-state index in [0.717, 1.165) is 11.1 Å². The Balaban J connectivity index is 1.38. The van der Waals surface area contributed by atoms with Crippen LogP contribution in [0.5, 0.6) is 11.5 Å². The van der Waals surface area contributed by atoms with Crippen molar-refractivity contribution in [3.8, 4) is 11.5 Å². The largest absolute Gasteiger partial charge is 0.484 e. The molecule has 1 aliphatic rings. The third kappa shape index (κ3) is 6.17. The molecule has 2 amide bonds. The van der Waals surface area contributed by atoms with E-state index in [1.54, 1.807) is 48.5 Å². The quantitative estimate of drug-likeness (QED) is 0.477. The second kappa shape index (κ2) is 10.7. The van der Waals surface area contributed by atoms with Crippen LogP contribution in [-0.4, -0.2) is 42.0 Å². The van der Waals surface area contributed by atoms with Gasteiger partial charge in [0.2, 0.25) is 0 Å². The van der Waals surface area contributed by atoms with E-state index in [4.69, 9.17) is 32.7 Å². The number of hydrogen-bond donors (Lipinski definition) is 2. The molecular formula is C24H22Cl2N4O4. The molecule has 0 saturated heterocycles. The lowest BCUT2D eigenvalue weighted by molar-refractivity contribution is -0.118. The first kappa shape index (κ1) is 23.8. The van der Waals surface area contributed by atoms with Gasteiger partial charge in [-0.2, -0.15) is 0 Å². The van der Waals surface area contributed by atoms with E-state index in [2.05, 4.69) is 20.5 Å². The smallest absolute Gasteiger partial charge is 0.263 e. The first-order chi connectivity index (χ1) is 16.4. The van der Waals surface area contributed by atoms with Crippen LogP contribution in [0.3, 0.4) is 0 Å². The number of carbonyl (C=O) groups is 2. The Kier molecular flexibility index (Phi) is 7.52. The van der Waals surface area contributed by atoms with Crippen molar-refractivity contribution in [2.75, 3.05) is 30.9 Å². The standard InChI is InChI=1S/C24H22Cl2N4O4/c1-30-11-19-20(12-30)24(29-23(32)14-34-18-8-4-16(26)5-9-18)27-10-21(19)28-22(31)13-33-17-6-2-15(25)3-7-17/h2-10H,11-14H2,1H3,(H,28,31)(H,27,29,32). The molecule has 1 aromatic heterocycles. The SMILES string of the molecule is CN1Cc2c(NC(=O)COc3ccc(Cl)cc3)cnc(NC(=O)COc3ccc(Cl)cc3)c2C1. The second-order valence-corrected chi connectivity index (χ2v) is 8.60. The molecule has 0 fully saturated rings. The van der Waals surface area contributed by atoms with E-state index in [9.17, 15) is 9.59 Å². The Hall–Kier alpha value is -3.33. The molecule has 1 aliphatic heterocycles. The first-order valence-electron chi connectivity index (χ1n) is 10.4. The van der Waals surface area contributed by atoms with Crippen molar-refractivity contribution in [2.24, 2.45) is 0 Å². The zero-order chi connectivity index (χ0) is 24.1. The van der Waals surface area contributed by atoms with Gasteiger partial charge < -0.3 is 20.1 Å². The lowest BCUT2D eigenvalue weighted by atomic mass is 10.1. The number of nitrogens with one attached hydrogen (secondary N) is 2. The van der Waals surface area contributed by atoms with Crippen molar-refractivity contribution in [1.29, 1.82) is 0 Å². The molecule has 2 aromatic carbocycles. The van der Waals surface area contributed by atoms with Crippen molar-refractivity contribution in [2.45, 2.75) is 13.1 Å².